The van der Waals surface area contributed by atoms with E-state index in [4.69, 9.17) is 0 Å². The molecule has 0 aromatic carbocycles. The summed E-state index contributed by atoms with van der Waals surface area (Å²) in [7, 11) is 0. The summed E-state index contributed by atoms with van der Waals surface area (Å²) in [5.74, 6) is -1.62. The zero-order chi connectivity index (χ0) is 13.8. The number of hydrogen-bond donors (Lipinski definition) is 0. The van der Waals surface area contributed by atoms with Crippen molar-refractivity contribution in [3.05, 3.63) is 0 Å². The minimum Gasteiger partial charge on any atom is -0.334 e. The molecule has 0 aliphatic heterocycles. The van der Waals surface area contributed by atoms with Gasteiger partial charge in [0.25, 0.3) is 0 Å². The third-order valence-electron chi connectivity index (χ3n) is 1.73. The predicted octanol–water partition coefficient (Wildman–Crippen LogP) is 0.390. The lowest BCUT2D eigenvalue weighted by Crippen LogP contribution is -2.13. The molecule has 0 amide bonds. The van der Waals surface area contributed by atoms with Gasteiger partial charge in [-0.1, -0.05) is 0 Å². The Balaban J connectivity index is 3.74. The molecule has 0 aromatic heterocycles. The van der Waals surface area contributed by atoms with Crippen LogP contribution in [0, 0.1) is 0 Å². The largest absolute Gasteiger partial charge is 0.422 e. The van der Waals surface area contributed by atoms with Crippen LogP contribution in [0.1, 0.15) is 38.5 Å². The van der Waals surface area contributed by atoms with Crippen LogP contribution in [0.2, 0.25) is 0 Å². The molecule has 8 heteroatoms. The van der Waals surface area contributed by atoms with Crippen molar-refractivity contribution >= 4 is 35.9 Å². The van der Waals surface area contributed by atoms with Gasteiger partial charge in [0.2, 0.25) is 0 Å². The van der Waals surface area contributed by atoms with Crippen LogP contribution in [0.25, 0.3) is 0 Å². The van der Waals surface area contributed by atoms with Gasteiger partial charge in [0, 0.05) is 25.7 Å². The number of aldehydes is 2. The van der Waals surface area contributed by atoms with Crippen LogP contribution in [0.15, 0.2) is 0 Å². The normalized spacial score (nSPS) is 9.83. The van der Waals surface area contributed by atoms with Crippen molar-refractivity contribution in [2.75, 3.05) is 0 Å². The van der Waals surface area contributed by atoms with Crippen LogP contribution in [-0.4, -0.2) is 28.7 Å². The second-order valence-corrected chi connectivity index (χ2v) is 3.97. The molecule has 0 heterocycles. The summed E-state index contributed by atoms with van der Waals surface area (Å²) < 4.78 is 19.6. The molecular formula is C10H14O7S. The summed E-state index contributed by atoms with van der Waals surface area (Å²) in [5, 5.41) is 0. The van der Waals surface area contributed by atoms with Gasteiger partial charge >= 0.3 is 23.3 Å². The van der Waals surface area contributed by atoms with E-state index < -0.39 is 23.3 Å². The molecule has 0 saturated heterocycles. The Morgan fingerprint density at radius 1 is 0.889 bits per heavy atom. The Morgan fingerprint density at radius 2 is 1.28 bits per heavy atom. The van der Waals surface area contributed by atoms with Crippen LogP contribution in [-0.2, 0) is 38.9 Å². The molecular weight excluding hydrogens is 264 g/mol. The first-order valence-corrected chi connectivity index (χ1v) is 6.31. The maximum atomic E-state index is 11.0. The maximum Gasteiger partial charge on any atom is 0.422 e. The molecule has 0 bridgehead atoms. The Morgan fingerprint density at radius 3 is 1.61 bits per heavy atom. The first-order valence-electron chi connectivity index (χ1n) is 5.31. The smallest absolute Gasteiger partial charge is 0.334 e. The van der Waals surface area contributed by atoms with E-state index in [0.29, 0.717) is 12.6 Å². The molecule has 0 unspecified atom stereocenters. The van der Waals surface area contributed by atoms with Crippen LogP contribution in [0.3, 0.4) is 0 Å². The van der Waals surface area contributed by atoms with E-state index in [0.717, 1.165) is 0 Å². The number of hydrogen-bond acceptors (Lipinski definition) is 7. The van der Waals surface area contributed by atoms with E-state index in [1.54, 1.807) is 0 Å². The summed E-state index contributed by atoms with van der Waals surface area (Å²) in [5.41, 5.74) is 0. The average molecular weight is 278 g/mol. The molecule has 7 nitrogen and oxygen atoms in total. The van der Waals surface area contributed by atoms with Crippen LogP contribution < -0.4 is 0 Å². The number of unbranched alkanes of at least 4 members (excludes halogenated alkanes) is 2. The fourth-order valence-electron chi connectivity index (χ4n) is 0.912. The predicted molar refractivity (Wildman–Crippen MR) is 60.2 cm³/mol. The SMILES string of the molecule is O=CCCCC(=O)OS(=O)OC(=O)CCCC=O. The zero-order valence-electron chi connectivity index (χ0n) is 9.66. The van der Waals surface area contributed by atoms with Gasteiger partial charge in [0.1, 0.15) is 12.6 Å². The van der Waals surface area contributed by atoms with Gasteiger partial charge in [-0.25, -0.2) is 0 Å². The summed E-state index contributed by atoms with van der Waals surface area (Å²) in [6, 6.07) is 0. The lowest BCUT2D eigenvalue weighted by atomic mass is 10.2. The molecule has 0 atom stereocenters. The molecule has 0 spiro atoms. The topological polar surface area (TPSA) is 104 Å². The lowest BCUT2D eigenvalue weighted by molar-refractivity contribution is -0.137. The molecule has 0 aliphatic carbocycles. The van der Waals surface area contributed by atoms with Gasteiger partial charge in [0.15, 0.2) is 0 Å². The summed E-state index contributed by atoms with van der Waals surface area (Å²) in [4.78, 5) is 41.9. The van der Waals surface area contributed by atoms with Crippen molar-refractivity contribution in [1.29, 1.82) is 0 Å². The van der Waals surface area contributed by atoms with Gasteiger partial charge in [-0.05, 0) is 12.8 Å². The minimum atomic E-state index is -2.47. The maximum absolute atomic E-state index is 11.0. The van der Waals surface area contributed by atoms with Crippen molar-refractivity contribution in [1.82, 2.24) is 0 Å². The highest BCUT2D eigenvalue weighted by Crippen LogP contribution is 2.02. The highest BCUT2D eigenvalue weighted by Gasteiger charge is 2.14. The second-order valence-electron chi connectivity index (χ2n) is 3.23. The lowest BCUT2D eigenvalue weighted by Gasteiger charge is -2.02. The summed E-state index contributed by atoms with van der Waals surface area (Å²) in [6.45, 7) is 0. The molecule has 102 valence electrons. The average Bonchev–Trinajstić information content (AvgIpc) is 2.29. The highest BCUT2D eigenvalue weighted by molar-refractivity contribution is 7.76. The minimum absolute atomic E-state index is 0.0762. The van der Waals surface area contributed by atoms with Crippen LogP contribution in [0.4, 0.5) is 0 Å². The molecule has 18 heavy (non-hydrogen) atoms. The highest BCUT2D eigenvalue weighted by atomic mass is 32.2. The van der Waals surface area contributed by atoms with Gasteiger partial charge in [-0.3, -0.25) is 9.59 Å². The standard InChI is InChI=1S/C10H14O7S/c11-7-3-1-5-9(13)16-18(15)17-10(14)6-2-4-8-12/h7-8H,1-6H2. The molecule has 0 aliphatic rings. The first kappa shape index (κ1) is 16.4. The molecule has 0 saturated carbocycles. The van der Waals surface area contributed by atoms with E-state index in [9.17, 15) is 23.4 Å². The van der Waals surface area contributed by atoms with E-state index >= 15 is 0 Å². The fourth-order valence-corrected chi connectivity index (χ4v) is 1.42. The quantitative estimate of drug-likeness (QED) is 0.420. The van der Waals surface area contributed by atoms with Crippen molar-refractivity contribution in [3.8, 4) is 0 Å². The van der Waals surface area contributed by atoms with Crippen molar-refractivity contribution in [2.24, 2.45) is 0 Å². The van der Waals surface area contributed by atoms with E-state index in [1.165, 1.54) is 0 Å². The molecule has 0 fully saturated rings. The second kappa shape index (κ2) is 10.6. The third-order valence-corrected chi connectivity index (χ3v) is 2.37. The van der Waals surface area contributed by atoms with E-state index in [2.05, 4.69) is 8.37 Å². The molecule has 0 aromatic rings. The van der Waals surface area contributed by atoms with Crippen molar-refractivity contribution in [2.45, 2.75) is 38.5 Å². The Labute approximate surface area is 107 Å². The monoisotopic (exact) mass is 278 g/mol. The molecule has 0 N–H and O–H groups in total. The van der Waals surface area contributed by atoms with E-state index in [1.807, 2.05) is 0 Å². The van der Waals surface area contributed by atoms with E-state index in [-0.39, 0.29) is 38.5 Å². The summed E-state index contributed by atoms with van der Waals surface area (Å²) >= 11 is -2.47. The van der Waals surface area contributed by atoms with Crippen molar-refractivity contribution < 1.29 is 31.8 Å². The number of rotatable bonds is 10. The third kappa shape index (κ3) is 9.64. The number of carbonyl (C=O) groups is 4. The Bertz CT molecular complexity index is 296. The van der Waals surface area contributed by atoms with Crippen molar-refractivity contribution in [3.63, 3.8) is 0 Å². The molecule has 0 radical (unpaired) electrons. The summed E-state index contributed by atoms with van der Waals surface area (Å²) in [6.07, 6.45) is 2.12. The first-order chi connectivity index (χ1) is 8.60. The number of carbonyl (C=O) groups excluding carboxylic acids is 4. The fraction of sp³-hybridized carbons (Fsp3) is 0.600. The van der Waals surface area contributed by atoms with Gasteiger partial charge in [0.05, 0.1) is 0 Å². The van der Waals surface area contributed by atoms with Crippen LogP contribution in [0.5, 0.6) is 0 Å². The molecule has 0 rings (SSSR count). The van der Waals surface area contributed by atoms with Gasteiger partial charge in [-0.15, -0.1) is 0 Å². The Kier molecular flexibility index (Phi) is 9.65. The van der Waals surface area contributed by atoms with Gasteiger partial charge < -0.3 is 18.0 Å². The zero-order valence-corrected chi connectivity index (χ0v) is 10.5. The van der Waals surface area contributed by atoms with Gasteiger partial charge in [-0.2, -0.15) is 4.21 Å². The Hall–Kier alpha value is -1.57. The van der Waals surface area contributed by atoms with Crippen LogP contribution >= 0.6 is 0 Å².